The first-order chi connectivity index (χ1) is 10.7. The summed E-state index contributed by atoms with van der Waals surface area (Å²) in [5, 5.41) is 17.3. The second kappa shape index (κ2) is 6.52. The molecule has 1 unspecified atom stereocenters. The van der Waals surface area contributed by atoms with Crippen LogP contribution in [0.4, 0.5) is 11.6 Å². The van der Waals surface area contributed by atoms with Crippen LogP contribution in [-0.4, -0.2) is 40.5 Å². The van der Waals surface area contributed by atoms with E-state index in [2.05, 4.69) is 26.0 Å². The van der Waals surface area contributed by atoms with Gasteiger partial charge in [0.2, 0.25) is 0 Å². The minimum atomic E-state index is -0.383. The third-order valence-corrected chi connectivity index (χ3v) is 3.30. The summed E-state index contributed by atoms with van der Waals surface area (Å²) in [7, 11) is 0. The molecule has 3 rings (SSSR count). The molecule has 0 aromatic carbocycles. The minimum Gasteiger partial charge on any atom is -0.376 e. The average molecular weight is 303 g/mol. The molecule has 2 N–H and O–H groups in total. The summed E-state index contributed by atoms with van der Waals surface area (Å²) in [6.45, 7) is 3.26. The predicted molar refractivity (Wildman–Crippen MR) is 78.7 cm³/mol. The number of carbonyl (C=O) groups is 1. The smallest absolute Gasteiger partial charge is 0.277 e. The van der Waals surface area contributed by atoms with E-state index < -0.39 is 0 Å². The topological polar surface area (TPSA) is 102 Å². The molecule has 8 nitrogen and oxygen atoms in total. The van der Waals surface area contributed by atoms with Crippen LogP contribution in [0.25, 0.3) is 0 Å². The Morgan fingerprint density at radius 3 is 2.91 bits per heavy atom. The number of anilines is 2. The number of nitrogens with one attached hydrogen (secondary N) is 2. The highest BCUT2D eigenvalue weighted by molar-refractivity contribution is 6.02. The van der Waals surface area contributed by atoms with Crippen LogP contribution < -0.4 is 10.6 Å². The Labute approximate surface area is 127 Å². The van der Waals surface area contributed by atoms with Gasteiger partial charge < -0.3 is 19.9 Å². The van der Waals surface area contributed by atoms with Crippen molar-refractivity contribution < 1.29 is 14.1 Å². The highest BCUT2D eigenvalue weighted by Gasteiger charge is 2.15. The Morgan fingerprint density at radius 2 is 2.27 bits per heavy atom. The maximum Gasteiger partial charge on any atom is 0.277 e. The van der Waals surface area contributed by atoms with Gasteiger partial charge in [0, 0.05) is 19.2 Å². The van der Waals surface area contributed by atoms with Crippen molar-refractivity contribution in [1.82, 2.24) is 15.4 Å². The number of rotatable bonds is 5. The van der Waals surface area contributed by atoms with Crippen molar-refractivity contribution in [3.05, 3.63) is 29.7 Å². The fraction of sp³-hybridized carbons (Fsp3) is 0.429. The number of aromatic nitrogens is 3. The summed E-state index contributed by atoms with van der Waals surface area (Å²) >= 11 is 0. The van der Waals surface area contributed by atoms with Crippen LogP contribution in [0.2, 0.25) is 0 Å². The zero-order valence-electron chi connectivity index (χ0n) is 12.2. The number of hydrogen-bond acceptors (Lipinski definition) is 7. The van der Waals surface area contributed by atoms with Crippen LogP contribution in [0.15, 0.2) is 22.7 Å². The summed E-state index contributed by atoms with van der Waals surface area (Å²) in [5.74, 6) is 1.20. The largest absolute Gasteiger partial charge is 0.376 e. The molecular weight excluding hydrogens is 286 g/mol. The van der Waals surface area contributed by atoms with Gasteiger partial charge in [-0.3, -0.25) is 4.79 Å². The number of hydrogen-bond donors (Lipinski definition) is 2. The molecule has 8 heteroatoms. The Bertz CT molecular complexity index is 634. The van der Waals surface area contributed by atoms with Gasteiger partial charge in [0.05, 0.1) is 6.10 Å². The number of nitrogens with zero attached hydrogens (tertiary/aromatic N) is 3. The van der Waals surface area contributed by atoms with Crippen molar-refractivity contribution in [1.29, 1.82) is 0 Å². The van der Waals surface area contributed by atoms with E-state index >= 15 is 0 Å². The third-order valence-electron chi connectivity index (χ3n) is 3.30. The Hall–Kier alpha value is -2.48. The molecule has 0 aliphatic carbocycles. The standard InChI is InChI=1S/C14H17N5O3/c1-9-7-13(19-22-9)16-14(20)11-4-5-12(18-17-11)15-8-10-3-2-6-21-10/h4-5,7,10H,2-3,6,8H2,1H3,(H,15,18)(H,16,19,20). The summed E-state index contributed by atoms with van der Waals surface area (Å²) in [5.41, 5.74) is 0.211. The quantitative estimate of drug-likeness (QED) is 0.865. The van der Waals surface area contributed by atoms with Crippen LogP contribution in [-0.2, 0) is 4.74 Å². The van der Waals surface area contributed by atoms with Gasteiger partial charge in [-0.2, -0.15) is 0 Å². The fourth-order valence-corrected chi connectivity index (χ4v) is 2.18. The Balaban J connectivity index is 1.54. The van der Waals surface area contributed by atoms with Crippen LogP contribution in [0.1, 0.15) is 29.1 Å². The van der Waals surface area contributed by atoms with Gasteiger partial charge in [-0.15, -0.1) is 10.2 Å². The van der Waals surface area contributed by atoms with Crippen molar-refractivity contribution in [2.45, 2.75) is 25.9 Å². The zero-order valence-corrected chi connectivity index (χ0v) is 12.2. The van der Waals surface area contributed by atoms with Crippen molar-refractivity contribution in [2.75, 3.05) is 23.8 Å². The summed E-state index contributed by atoms with van der Waals surface area (Å²) < 4.78 is 10.4. The van der Waals surface area contributed by atoms with E-state index in [4.69, 9.17) is 9.26 Å². The molecule has 1 atom stereocenters. The zero-order chi connectivity index (χ0) is 15.4. The van der Waals surface area contributed by atoms with Gasteiger partial charge in [-0.25, -0.2) is 0 Å². The van der Waals surface area contributed by atoms with E-state index in [9.17, 15) is 4.79 Å². The normalized spacial score (nSPS) is 17.4. The van der Waals surface area contributed by atoms with Crippen molar-refractivity contribution in [2.24, 2.45) is 0 Å². The number of carbonyl (C=O) groups excluding carboxylic acids is 1. The summed E-state index contributed by atoms with van der Waals surface area (Å²) in [6.07, 6.45) is 2.37. The van der Waals surface area contributed by atoms with Gasteiger partial charge in [0.25, 0.3) is 5.91 Å². The van der Waals surface area contributed by atoms with E-state index in [-0.39, 0.29) is 17.7 Å². The Morgan fingerprint density at radius 1 is 1.36 bits per heavy atom. The number of amides is 1. The molecular formula is C14H17N5O3. The van der Waals surface area contributed by atoms with E-state index in [1.54, 1.807) is 25.1 Å². The molecule has 22 heavy (non-hydrogen) atoms. The lowest BCUT2D eigenvalue weighted by molar-refractivity contribution is 0.102. The van der Waals surface area contributed by atoms with Gasteiger partial charge in [0.1, 0.15) is 11.6 Å². The second-order valence-electron chi connectivity index (χ2n) is 5.10. The van der Waals surface area contributed by atoms with Gasteiger partial charge >= 0.3 is 0 Å². The fourth-order valence-electron chi connectivity index (χ4n) is 2.18. The third kappa shape index (κ3) is 3.59. The summed E-state index contributed by atoms with van der Waals surface area (Å²) in [4.78, 5) is 12.0. The second-order valence-corrected chi connectivity index (χ2v) is 5.10. The molecule has 1 saturated heterocycles. The first-order valence-corrected chi connectivity index (χ1v) is 7.14. The molecule has 0 radical (unpaired) electrons. The Kier molecular flexibility index (Phi) is 4.29. The lowest BCUT2D eigenvalue weighted by atomic mass is 10.2. The van der Waals surface area contributed by atoms with Crippen molar-refractivity contribution in [3.8, 4) is 0 Å². The van der Waals surface area contributed by atoms with E-state index in [0.29, 0.717) is 23.9 Å². The lowest BCUT2D eigenvalue weighted by Crippen LogP contribution is -2.20. The molecule has 1 fully saturated rings. The first-order valence-electron chi connectivity index (χ1n) is 7.14. The number of ether oxygens (including phenoxy) is 1. The van der Waals surface area contributed by atoms with Crippen molar-refractivity contribution in [3.63, 3.8) is 0 Å². The molecule has 2 aromatic heterocycles. The van der Waals surface area contributed by atoms with Crippen LogP contribution in [0.5, 0.6) is 0 Å². The van der Waals surface area contributed by atoms with E-state index in [0.717, 1.165) is 19.4 Å². The van der Waals surface area contributed by atoms with Crippen LogP contribution in [0, 0.1) is 6.92 Å². The molecule has 2 aromatic rings. The number of aryl methyl sites for hydroxylation is 1. The van der Waals surface area contributed by atoms with Crippen LogP contribution >= 0.6 is 0 Å². The molecule has 1 aliphatic heterocycles. The molecule has 1 aliphatic rings. The molecule has 1 amide bonds. The van der Waals surface area contributed by atoms with Gasteiger partial charge in [-0.05, 0) is 31.9 Å². The van der Waals surface area contributed by atoms with Crippen molar-refractivity contribution >= 4 is 17.5 Å². The molecule has 0 spiro atoms. The highest BCUT2D eigenvalue weighted by atomic mass is 16.5. The minimum absolute atomic E-state index is 0.211. The van der Waals surface area contributed by atoms with E-state index in [1.807, 2.05) is 0 Å². The van der Waals surface area contributed by atoms with Gasteiger partial charge in [0.15, 0.2) is 11.5 Å². The van der Waals surface area contributed by atoms with E-state index in [1.165, 1.54) is 0 Å². The lowest BCUT2D eigenvalue weighted by Gasteiger charge is -2.10. The monoisotopic (exact) mass is 303 g/mol. The average Bonchev–Trinajstić information content (AvgIpc) is 3.17. The van der Waals surface area contributed by atoms with Crippen LogP contribution in [0.3, 0.4) is 0 Å². The maximum atomic E-state index is 12.0. The maximum absolute atomic E-state index is 12.0. The first kappa shape index (κ1) is 14.5. The van der Waals surface area contributed by atoms with Gasteiger partial charge in [-0.1, -0.05) is 5.16 Å². The predicted octanol–water partition coefficient (Wildman–Crippen LogP) is 1.62. The molecule has 3 heterocycles. The summed E-state index contributed by atoms with van der Waals surface area (Å²) in [6, 6.07) is 4.95. The molecule has 0 saturated carbocycles. The molecule has 0 bridgehead atoms. The molecule has 116 valence electrons. The highest BCUT2D eigenvalue weighted by Crippen LogP contribution is 2.13. The SMILES string of the molecule is Cc1cc(NC(=O)c2ccc(NCC3CCCO3)nn2)no1.